The fourth-order valence-electron chi connectivity index (χ4n) is 3.46. The van der Waals surface area contributed by atoms with Gasteiger partial charge < -0.3 is 5.32 Å². The summed E-state index contributed by atoms with van der Waals surface area (Å²) < 4.78 is 27.9. The number of rotatable bonds is 8. The summed E-state index contributed by atoms with van der Waals surface area (Å²) >= 11 is 0. The van der Waals surface area contributed by atoms with E-state index in [1.807, 2.05) is 71.5 Å². The Bertz CT molecular complexity index is 1330. The third-order valence-electron chi connectivity index (χ3n) is 5.21. The van der Waals surface area contributed by atoms with E-state index in [0.29, 0.717) is 12.1 Å². The van der Waals surface area contributed by atoms with Crippen molar-refractivity contribution < 1.29 is 13.2 Å². The number of amides is 1. The molecular formula is C25H24N4O3S. The molecule has 0 fully saturated rings. The van der Waals surface area contributed by atoms with Gasteiger partial charge in [-0.2, -0.15) is 5.10 Å². The van der Waals surface area contributed by atoms with E-state index in [1.165, 1.54) is 31.3 Å². The molecule has 2 N–H and O–H groups in total. The van der Waals surface area contributed by atoms with Crippen LogP contribution in [0.5, 0.6) is 0 Å². The molecule has 4 aromatic rings. The van der Waals surface area contributed by atoms with Crippen molar-refractivity contribution in [3.63, 3.8) is 0 Å². The lowest BCUT2D eigenvalue weighted by Crippen LogP contribution is -2.23. The van der Waals surface area contributed by atoms with Crippen molar-refractivity contribution in [2.75, 3.05) is 7.05 Å². The van der Waals surface area contributed by atoms with Crippen molar-refractivity contribution in [2.45, 2.75) is 18.0 Å². The largest absolute Gasteiger partial charge is 0.348 e. The maximum Gasteiger partial charge on any atom is 0.251 e. The Morgan fingerprint density at radius 3 is 2.18 bits per heavy atom. The first-order chi connectivity index (χ1) is 16.0. The Hall–Kier alpha value is -3.75. The second kappa shape index (κ2) is 9.81. The van der Waals surface area contributed by atoms with E-state index in [0.717, 1.165) is 22.4 Å². The van der Waals surface area contributed by atoms with Crippen molar-refractivity contribution in [1.82, 2.24) is 19.8 Å². The highest BCUT2D eigenvalue weighted by molar-refractivity contribution is 7.89. The first-order valence-electron chi connectivity index (χ1n) is 10.4. The van der Waals surface area contributed by atoms with Gasteiger partial charge in [-0.3, -0.25) is 9.48 Å². The molecule has 8 heteroatoms. The van der Waals surface area contributed by atoms with Crippen LogP contribution >= 0.6 is 0 Å². The molecule has 0 atom stereocenters. The zero-order valence-corrected chi connectivity index (χ0v) is 18.9. The minimum absolute atomic E-state index is 0.107. The number of hydrogen-bond acceptors (Lipinski definition) is 4. The highest BCUT2D eigenvalue weighted by Gasteiger charge is 2.15. The van der Waals surface area contributed by atoms with E-state index < -0.39 is 10.0 Å². The van der Waals surface area contributed by atoms with E-state index in [9.17, 15) is 13.2 Å². The maximum absolute atomic E-state index is 12.7. The lowest BCUT2D eigenvalue weighted by atomic mass is 10.1. The van der Waals surface area contributed by atoms with Crippen LogP contribution in [0.25, 0.3) is 11.3 Å². The highest BCUT2D eigenvalue weighted by atomic mass is 32.2. The average molecular weight is 461 g/mol. The molecule has 1 amide bonds. The average Bonchev–Trinajstić information content (AvgIpc) is 3.26. The van der Waals surface area contributed by atoms with Crippen LogP contribution in [-0.4, -0.2) is 31.2 Å². The normalized spacial score (nSPS) is 11.3. The summed E-state index contributed by atoms with van der Waals surface area (Å²) in [4.78, 5) is 12.8. The third-order valence-corrected chi connectivity index (χ3v) is 6.64. The molecule has 1 aromatic heterocycles. The van der Waals surface area contributed by atoms with Crippen molar-refractivity contribution in [3.05, 3.63) is 108 Å². The lowest BCUT2D eigenvalue weighted by molar-refractivity contribution is 0.0951. The molecule has 0 saturated carbocycles. The van der Waals surface area contributed by atoms with E-state index in [-0.39, 0.29) is 17.3 Å². The van der Waals surface area contributed by atoms with Crippen molar-refractivity contribution in [3.8, 4) is 11.3 Å². The fourth-order valence-corrected chi connectivity index (χ4v) is 4.19. The Morgan fingerprint density at radius 1 is 0.909 bits per heavy atom. The molecule has 0 aliphatic heterocycles. The van der Waals surface area contributed by atoms with Crippen molar-refractivity contribution in [1.29, 1.82) is 0 Å². The van der Waals surface area contributed by atoms with E-state index >= 15 is 0 Å². The summed E-state index contributed by atoms with van der Waals surface area (Å²) in [5, 5.41) is 7.68. The zero-order chi connectivity index (χ0) is 23.3. The van der Waals surface area contributed by atoms with Crippen LogP contribution in [0.3, 0.4) is 0 Å². The predicted molar refractivity (Wildman–Crippen MR) is 127 cm³/mol. The lowest BCUT2D eigenvalue weighted by Gasteiger charge is -2.07. The fraction of sp³-hybridized carbons (Fsp3) is 0.120. The van der Waals surface area contributed by atoms with Gasteiger partial charge in [0.1, 0.15) is 0 Å². The van der Waals surface area contributed by atoms with Gasteiger partial charge in [0.2, 0.25) is 10.0 Å². The van der Waals surface area contributed by atoms with Crippen LogP contribution in [0, 0.1) is 0 Å². The van der Waals surface area contributed by atoms with Gasteiger partial charge in [-0.15, -0.1) is 0 Å². The standard InChI is InChI=1S/C25H24N4O3S/c1-26-33(31,32)23-14-12-21(13-15-23)25(30)27-16-22-18-29(17-19-8-4-2-5-9-19)28-24(22)20-10-6-3-7-11-20/h2-15,18,26H,16-17H2,1H3,(H,27,30). The van der Waals surface area contributed by atoms with Gasteiger partial charge in [0, 0.05) is 29.4 Å². The third kappa shape index (κ3) is 5.36. The Kier molecular flexibility index (Phi) is 6.67. The van der Waals surface area contributed by atoms with Crippen LogP contribution in [0.1, 0.15) is 21.5 Å². The minimum atomic E-state index is -3.55. The van der Waals surface area contributed by atoms with Crippen LogP contribution in [0.4, 0.5) is 0 Å². The Balaban J connectivity index is 1.53. The first kappa shape index (κ1) is 22.4. The second-order valence-electron chi connectivity index (χ2n) is 7.47. The predicted octanol–water partition coefficient (Wildman–Crippen LogP) is 3.44. The number of nitrogens with zero attached hydrogens (tertiary/aromatic N) is 2. The van der Waals surface area contributed by atoms with Gasteiger partial charge in [-0.1, -0.05) is 60.7 Å². The SMILES string of the molecule is CNS(=O)(=O)c1ccc(C(=O)NCc2cn(Cc3ccccc3)nc2-c2ccccc2)cc1. The molecule has 0 saturated heterocycles. The molecule has 168 valence electrons. The van der Waals surface area contributed by atoms with Gasteiger partial charge in [0.25, 0.3) is 5.91 Å². The number of benzene rings is 3. The highest BCUT2D eigenvalue weighted by Crippen LogP contribution is 2.22. The minimum Gasteiger partial charge on any atom is -0.348 e. The zero-order valence-electron chi connectivity index (χ0n) is 18.1. The maximum atomic E-state index is 12.7. The van der Waals surface area contributed by atoms with Crippen molar-refractivity contribution in [2.24, 2.45) is 0 Å². The van der Waals surface area contributed by atoms with Crippen LogP contribution < -0.4 is 10.0 Å². The molecule has 3 aromatic carbocycles. The van der Waals surface area contributed by atoms with Crippen LogP contribution in [0.15, 0.2) is 96.0 Å². The summed E-state index contributed by atoms with van der Waals surface area (Å²) in [5.41, 5.74) is 4.17. The second-order valence-corrected chi connectivity index (χ2v) is 9.35. The molecule has 4 rings (SSSR count). The molecule has 7 nitrogen and oxygen atoms in total. The quantitative estimate of drug-likeness (QED) is 0.421. The van der Waals surface area contributed by atoms with Gasteiger partial charge in [0.15, 0.2) is 0 Å². The van der Waals surface area contributed by atoms with Gasteiger partial charge >= 0.3 is 0 Å². The Morgan fingerprint density at radius 2 is 1.55 bits per heavy atom. The number of nitrogens with one attached hydrogen (secondary N) is 2. The molecule has 0 spiro atoms. The first-order valence-corrected chi connectivity index (χ1v) is 11.9. The number of carbonyl (C=O) groups is 1. The monoisotopic (exact) mass is 460 g/mol. The Labute approximate surface area is 193 Å². The smallest absolute Gasteiger partial charge is 0.251 e. The molecule has 33 heavy (non-hydrogen) atoms. The summed E-state index contributed by atoms with van der Waals surface area (Å²) in [5.74, 6) is -0.293. The molecule has 0 radical (unpaired) electrons. The molecule has 0 aliphatic rings. The van der Waals surface area contributed by atoms with Gasteiger partial charge in [0.05, 0.1) is 17.1 Å². The summed E-state index contributed by atoms with van der Waals surface area (Å²) in [6.07, 6.45) is 1.94. The molecular weight excluding hydrogens is 436 g/mol. The molecule has 0 bridgehead atoms. The summed E-state index contributed by atoms with van der Waals surface area (Å²) in [6.45, 7) is 0.907. The number of sulfonamides is 1. The summed E-state index contributed by atoms with van der Waals surface area (Å²) in [6, 6.07) is 25.7. The number of carbonyl (C=O) groups excluding carboxylic acids is 1. The number of hydrogen-bond donors (Lipinski definition) is 2. The molecule has 0 aliphatic carbocycles. The number of aromatic nitrogens is 2. The van der Waals surface area contributed by atoms with E-state index in [4.69, 9.17) is 5.10 Å². The topological polar surface area (TPSA) is 93.1 Å². The molecule has 0 unspecified atom stereocenters. The van der Waals surface area contributed by atoms with Gasteiger partial charge in [-0.25, -0.2) is 13.1 Å². The van der Waals surface area contributed by atoms with Crippen molar-refractivity contribution >= 4 is 15.9 Å². The summed E-state index contributed by atoms with van der Waals surface area (Å²) in [7, 11) is -2.20. The molecule has 1 heterocycles. The van der Waals surface area contributed by atoms with Crippen LogP contribution in [0.2, 0.25) is 0 Å². The van der Waals surface area contributed by atoms with Crippen LogP contribution in [-0.2, 0) is 23.1 Å². The van der Waals surface area contributed by atoms with E-state index in [2.05, 4.69) is 10.0 Å². The van der Waals surface area contributed by atoms with Gasteiger partial charge in [-0.05, 0) is 36.9 Å². The van der Waals surface area contributed by atoms with E-state index in [1.54, 1.807) is 0 Å².